The van der Waals surface area contributed by atoms with Crippen molar-refractivity contribution in [3.63, 3.8) is 0 Å². The lowest BCUT2D eigenvalue weighted by molar-refractivity contribution is -0.169. The van der Waals surface area contributed by atoms with Gasteiger partial charge in [-0.25, -0.2) is 0 Å². The van der Waals surface area contributed by atoms with Gasteiger partial charge in [0.15, 0.2) is 0 Å². The van der Waals surface area contributed by atoms with Crippen molar-refractivity contribution in [1.29, 1.82) is 0 Å². The Morgan fingerprint density at radius 2 is 1.92 bits per heavy atom. The molecule has 1 N–H and O–H groups in total. The molecule has 0 rings (SSSR count). The van der Waals surface area contributed by atoms with Crippen molar-refractivity contribution in [2.75, 3.05) is 4.43 Å². The van der Waals surface area contributed by atoms with Crippen molar-refractivity contribution in [1.82, 2.24) is 0 Å². The minimum Gasteiger partial charge on any atom is -0.389 e. The van der Waals surface area contributed by atoms with Crippen LogP contribution in [0, 0.1) is 5.92 Å². The Morgan fingerprint density at radius 1 is 1.38 bits per heavy atom. The fourth-order valence-corrected chi connectivity index (χ4v) is 1.76. The third-order valence-electron chi connectivity index (χ3n) is 1.73. The van der Waals surface area contributed by atoms with Gasteiger partial charge in [-0.1, -0.05) is 28.7 Å². The molecule has 0 saturated heterocycles. The molecule has 78 valence electrons. The molecule has 0 aliphatic rings. The highest BCUT2D eigenvalue weighted by Gasteiger charge is 2.38. The van der Waals surface area contributed by atoms with Crippen LogP contribution in [0.1, 0.15) is 12.8 Å². The maximum absolute atomic E-state index is 12.2. The number of hydrogen-bond donors (Lipinski definition) is 1. The summed E-state index contributed by atoms with van der Waals surface area (Å²) in [5, 5.41) is 8.98. The Kier molecular flexibility index (Phi) is 5.95. The molecule has 0 aromatic rings. The normalized spacial score (nSPS) is 16.7. The SMILES string of the molecule is C=CC(O)CCC(CI)C(F)(F)F. The Balaban J connectivity index is 3.93. The van der Waals surface area contributed by atoms with Crippen LogP contribution in [0.2, 0.25) is 0 Å². The summed E-state index contributed by atoms with van der Waals surface area (Å²) >= 11 is 1.71. The highest BCUT2D eigenvalue weighted by Crippen LogP contribution is 2.31. The van der Waals surface area contributed by atoms with Crippen molar-refractivity contribution in [3.8, 4) is 0 Å². The molecule has 0 saturated carbocycles. The molecular weight excluding hydrogens is 296 g/mol. The number of aliphatic hydroxyl groups is 1. The average Bonchev–Trinajstić information content (AvgIpc) is 2.02. The van der Waals surface area contributed by atoms with E-state index in [-0.39, 0.29) is 17.3 Å². The lowest BCUT2D eigenvalue weighted by atomic mass is 10.0. The molecule has 1 nitrogen and oxygen atoms in total. The van der Waals surface area contributed by atoms with E-state index >= 15 is 0 Å². The zero-order valence-electron chi connectivity index (χ0n) is 7.02. The highest BCUT2D eigenvalue weighted by molar-refractivity contribution is 14.1. The van der Waals surface area contributed by atoms with E-state index in [2.05, 4.69) is 6.58 Å². The molecule has 0 aliphatic carbocycles. The van der Waals surface area contributed by atoms with E-state index in [1.807, 2.05) is 0 Å². The van der Waals surface area contributed by atoms with Gasteiger partial charge in [0.05, 0.1) is 12.0 Å². The Hall–Kier alpha value is 0.220. The Bertz CT molecular complexity index is 158. The molecular formula is C8H12F3IO. The zero-order valence-corrected chi connectivity index (χ0v) is 9.18. The smallest absolute Gasteiger partial charge is 0.389 e. The molecule has 5 heteroatoms. The van der Waals surface area contributed by atoms with E-state index in [1.165, 1.54) is 6.08 Å². The van der Waals surface area contributed by atoms with E-state index in [1.54, 1.807) is 22.6 Å². The number of aliphatic hydroxyl groups excluding tert-OH is 1. The van der Waals surface area contributed by atoms with Crippen molar-refractivity contribution < 1.29 is 18.3 Å². The van der Waals surface area contributed by atoms with Crippen LogP contribution in [0.5, 0.6) is 0 Å². The third kappa shape index (κ3) is 5.51. The quantitative estimate of drug-likeness (QED) is 0.470. The first kappa shape index (κ1) is 13.2. The van der Waals surface area contributed by atoms with Crippen LogP contribution in [0.15, 0.2) is 12.7 Å². The molecule has 13 heavy (non-hydrogen) atoms. The van der Waals surface area contributed by atoms with Crippen molar-refractivity contribution >= 4 is 22.6 Å². The van der Waals surface area contributed by atoms with Gasteiger partial charge in [0.25, 0.3) is 0 Å². The number of halogens is 4. The van der Waals surface area contributed by atoms with Crippen molar-refractivity contribution in [3.05, 3.63) is 12.7 Å². The topological polar surface area (TPSA) is 20.2 Å². The fraction of sp³-hybridized carbons (Fsp3) is 0.750. The summed E-state index contributed by atoms with van der Waals surface area (Å²) in [7, 11) is 0. The van der Waals surface area contributed by atoms with Crippen LogP contribution >= 0.6 is 22.6 Å². The van der Waals surface area contributed by atoms with Gasteiger partial charge in [-0.3, -0.25) is 0 Å². The van der Waals surface area contributed by atoms with E-state index in [0.717, 1.165) is 0 Å². The van der Waals surface area contributed by atoms with Gasteiger partial charge >= 0.3 is 6.18 Å². The molecule has 0 fully saturated rings. The third-order valence-corrected chi connectivity index (χ3v) is 2.80. The first-order valence-corrected chi connectivity index (χ1v) is 5.37. The molecule has 0 heterocycles. The van der Waals surface area contributed by atoms with Gasteiger partial charge in [-0.05, 0) is 12.8 Å². The summed E-state index contributed by atoms with van der Waals surface area (Å²) in [5.74, 6) is -1.32. The van der Waals surface area contributed by atoms with Crippen LogP contribution in [0.4, 0.5) is 13.2 Å². The summed E-state index contributed by atoms with van der Waals surface area (Å²) < 4.78 is 36.5. The lowest BCUT2D eigenvalue weighted by Crippen LogP contribution is -2.25. The van der Waals surface area contributed by atoms with Crippen LogP contribution in [-0.4, -0.2) is 21.8 Å². The second-order valence-corrected chi connectivity index (χ2v) is 3.65. The van der Waals surface area contributed by atoms with E-state index in [4.69, 9.17) is 5.11 Å². The van der Waals surface area contributed by atoms with Crippen LogP contribution in [-0.2, 0) is 0 Å². The molecule has 0 aliphatic heterocycles. The van der Waals surface area contributed by atoms with Crippen molar-refractivity contribution in [2.45, 2.75) is 25.1 Å². The molecule has 0 bridgehead atoms. The average molecular weight is 308 g/mol. The molecule has 2 atom stereocenters. The summed E-state index contributed by atoms with van der Waals surface area (Å²) in [4.78, 5) is 0. The zero-order chi connectivity index (χ0) is 10.5. The summed E-state index contributed by atoms with van der Waals surface area (Å²) in [5.41, 5.74) is 0. The molecule has 2 unspecified atom stereocenters. The van der Waals surface area contributed by atoms with Crippen LogP contribution in [0.25, 0.3) is 0 Å². The second kappa shape index (κ2) is 5.85. The van der Waals surface area contributed by atoms with Crippen LogP contribution in [0.3, 0.4) is 0 Å². The monoisotopic (exact) mass is 308 g/mol. The fourth-order valence-electron chi connectivity index (χ4n) is 0.818. The van der Waals surface area contributed by atoms with Gasteiger partial charge in [0, 0.05) is 4.43 Å². The van der Waals surface area contributed by atoms with Crippen molar-refractivity contribution in [2.24, 2.45) is 5.92 Å². The molecule has 0 radical (unpaired) electrons. The highest BCUT2D eigenvalue weighted by atomic mass is 127. The van der Waals surface area contributed by atoms with Gasteiger partial charge in [0.1, 0.15) is 0 Å². The number of hydrogen-bond acceptors (Lipinski definition) is 1. The first-order chi connectivity index (χ1) is 5.91. The molecule has 0 aromatic heterocycles. The van der Waals surface area contributed by atoms with E-state index in [9.17, 15) is 13.2 Å². The molecule has 0 spiro atoms. The Labute approximate surface area is 89.2 Å². The molecule has 0 aromatic carbocycles. The van der Waals surface area contributed by atoms with E-state index < -0.39 is 18.2 Å². The summed E-state index contributed by atoms with van der Waals surface area (Å²) in [6.07, 6.45) is -3.65. The standard InChI is InChI=1S/C8H12F3IO/c1-2-7(13)4-3-6(5-12)8(9,10)11/h2,6-7,13H,1,3-5H2. The maximum atomic E-state index is 12.2. The minimum absolute atomic E-state index is 0.0329. The second-order valence-electron chi connectivity index (χ2n) is 2.77. The van der Waals surface area contributed by atoms with Gasteiger partial charge < -0.3 is 5.11 Å². The minimum atomic E-state index is -4.15. The summed E-state index contributed by atoms with van der Waals surface area (Å²) in [6, 6.07) is 0. The molecule has 0 amide bonds. The maximum Gasteiger partial charge on any atom is 0.392 e. The largest absolute Gasteiger partial charge is 0.392 e. The number of rotatable bonds is 5. The first-order valence-electron chi connectivity index (χ1n) is 3.85. The predicted molar refractivity (Wildman–Crippen MR) is 53.9 cm³/mol. The lowest BCUT2D eigenvalue weighted by Gasteiger charge is -2.18. The van der Waals surface area contributed by atoms with Gasteiger partial charge in [-0.15, -0.1) is 6.58 Å². The van der Waals surface area contributed by atoms with E-state index in [0.29, 0.717) is 0 Å². The Morgan fingerprint density at radius 3 is 2.23 bits per heavy atom. The summed E-state index contributed by atoms with van der Waals surface area (Å²) in [6.45, 7) is 3.29. The number of alkyl halides is 4. The van der Waals surface area contributed by atoms with Gasteiger partial charge in [0.2, 0.25) is 0 Å². The predicted octanol–water partition coefficient (Wildman–Crippen LogP) is 2.93. The van der Waals surface area contributed by atoms with Crippen LogP contribution < -0.4 is 0 Å². The van der Waals surface area contributed by atoms with Gasteiger partial charge in [-0.2, -0.15) is 13.2 Å².